The van der Waals surface area contributed by atoms with E-state index in [1.54, 1.807) is 0 Å². The van der Waals surface area contributed by atoms with Crippen LogP contribution in [-0.4, -0.2) is 32.2 Å². The van der Waals surface area contributed by atoms with Crippen molar-refractivity contribution in [3.8, 4) is 0 Å². The Morgan fingerprint density at radius 3 is 2.30 bits per heavy atom. The third-order valence-corrected chi connectivity index (χ3v) is 3.56. The van der Waals surface area contributed by atoms with E-state index in [1.165, 1.54) is 0 Å². The summed E-state index contributed by atoms with van der Waals surface area (Å²) in [6.45, 7) is 1.98. The number of fused-ring (bicyclic) bond motifs is 1. The monoisotopic (exact) mass is 272 g/mol. The normalized spacial score (nSPS) is 10.6. The molecule has 2 N–H and O–H groups in total. The average Bonchev–Trinajstić information content (AvgIpc) is 2.43. The topological polar surface area (TPSA) is 52.6 Å². The van der Waals surface area contributed by atoms with Gasteiger partial charge in [-0.2, -0.15) is 0 Å². The molecule has 2 aromatic carbocycles. The number of hydrogen-bond donors (Lipinski definition) is 2. The van der Waals surface area contributed by atoms with E-state index in [4.69, 9.17) is 0 Å². The minimum absolute atomic E-state index is 0.389. The number of nitrogens with one attached hydrogen (secondary N) is 1. The molecule has 4 nitrogen and oxygen atoms in total. The summed E-state index contributed by atoms with van der Waals surface area (Å²) in [5.74, 6) is -0.882. The van der Waals surface area contributed by atoms with E-state index >= 15 is 0 Å². The molecule has 0 aliphatic carbocycles. The fourth-order valence-corrected chi connectivity index (χ4v) is 2.81. The van der Waals surface area contributed by atoms with Crippen LogP contribution in [0.25, 0.3) is 10.8 Å². The summed E-state index contributed by atoms with van der Waals surface area (Å²) in [6, 6.07) is 7.91. The number of aromatic carboxylic acids is 1. The third kappa shape index (κ3) is 2.07. The predicted molar refractivity (Wildman–Crippen MR) is 84.2 cm³/mol. The van der Waals surface area contributed by atoms with Gasteiger partial charge in [0.25, 0.3) is 0 Å². The average molecular weight is 272 g/mol. The first-order valence-electron chi connectivity index (χ1n) is 6.68. The minimum Gasteiger partial charge on any atom is -0.478 e. The largest absolute Gasteiger partial charge is 0.478 e. The number of benzene rings is 2. The van der Waals surface area contributed by atoms with Crippen LogP contribution in [0.3, 0.4) is 0 Å². The molecule has 4 heteroatoms. The molecule has 106 valence electrons. The van der Waals surface area contributed by atoms with Crippen LogP contribution >= 0.6 is 0 Å². The molecule has 0 heterocycles. The zero-order valence-electron chi connectivity index (χ0n) is 12.3. The standard InChI is InChI=1S/C16H20N2O2/c1-5-10-13(16(19)20)15(18(3)4)12-9-7-6-8-11(12)14(10)17-2/h6-9,17H,5H2,1-4H3,(H,19,20). The van der Waals surface area contributed by atoms with Gasteiger partial charge in [0.2, 0.25) is 0 Å². The highest BCUT2D eigenvalue weighted by Crippen LogP contribution is 2.39. The van der Waals surface area contributed by atoms with Gasteiger partial charge < -0.3 is 15.3 Å². The van der Waals surface area contributed by atoms with Crippen molar-refractivity contribution in [1.29, 1.82) is 0 Å². The molecular formula is C16H20N2O2. The lowest BCUT2D eigenvalue weighted by Gasteiger charge is -2.24. The quantitative estimate of drug-likeness (QED) is 0.897. The van der Waals surface area contributed by atoms with Gasteiger partial charge in [-0.25, -0.2) is 4.79 Å². The molecule has 20 heavy (non-hydrogen) atoms. The molecule has 0 saturated carbocycles. The Labute approximate surface area is 119 Å². The van der Waals surface area contributed by atoms with Crippen molar-refractivity contribution in [3.05, 3.63) is 35.4 Å². The molecule has 0 amide bonds. The smallest absolute Gasteiger partial charge is 0.338 e. The zero-order chi connectivity index (χ0) is 14.9. The summed E-state index contributed by atoms with van der Waals surface area (Å²) in [7, 11) is 5.60. The Balaban J connectivity index is 3.05. The number of carboxylic acid groups (broad SMARTS) is 1. The molecule has 0 unspecified atom stereocenters. The first-order chi connectivity index (χ1) is 9.52. The van der Waals surface area contributed by atoms with Gasteiger partial charge in [-0.1, -0.05) is 31.2 Å². The number of hydrogen-bond acceptors (Lipinski definition) is 3. The van der Waals surface area contributed by atoms with Crippen LogP contribution in [0.2, 0.25) is 0 Å². The molecule has 2 aromatic rings. The SMILES string of the molecule is CCc1c(C(=O)O)c(N(C)C)c2ccccc2c1NC. The van der Waals surface area contributed by atoms with Crippen molar-refractivity contribution in [2.45, 2.75) is 13.3 Å². The molecule has 0 aliphatic heterocycles. The Morgan fingerprint density at radius 1 is 1.25 bits per heavy atom. The number of rotatable bonds is 4. The number of carboxylic acids is 1. The molecular weight excluding hydrogens is 252 g/mol. The van der Waals surface area contributed by atoms with Crippen LogP contribution < -0.4 is 10.2 Å². The summed E-state index contributed by atoms with van der Waals surface area (Å²) in [6.07, 6.45) is 0.670. The van der Waals surface area contributed by atoms with Crippen LogP contribution in [0.1, 0.15) is 22.8 Å². The fourth-order valence-electron chi connectivity index (χ4n) is 2.81. The first-order valence-corrected chi connectivity index (χ1v) is 6.68. The molecule has 0 spiro atoms. The van der Waals surface area contributed by atoms with Gasteiger partial charge >= 0.3 is 5.97 Å². The fraction of sp³-hybridized carbons (Fsp3) is 0.312. The van der Waals surface area contributed by atoms with E-state index in [2.05, 4.69) is 5.32 Å². The minimum atomic E-state index is -0.882. The lowest BCUT2D eigenvalue weighted by molar-refractivity contribution is 0.0696. The van der Waals surface area contributed by atoms with E-state index in [9.17, 15) is 9.90 Å². The predicted octanol–water partition coefficient (Wildman–Crippen LogP) is 3.21. The van der Waals surface area contributed by atoms with E-state index < -0.39 is 5.97 Å². The second kappa shape index (κ2) is 5.41. The number of carbonyl (C=O) groups is 1. The molecule has 0 bridgehead atoms. The lowest BCUT2D eigenvalue weighted by atomic mass is 9.93. The lowest BCUT2D eigenvalue weighted by Crippen LogP contribution is -2.17. The van der Waals surface area contributed by atoms with Gasteiger partial charge in [-0.15, -0.1) is 0 Å². The molecule has 0 aliphatic rings. The van der Waals surface area contributed by atoms with Gasteiger partial charge in [0.15, 0.2) is 0 Å². The van der Waals surface area contributed by atoms with E-state index in [0.29, 0.717) is 12.0 Å². The van der Waals surface area contributed by atoms with Crippen LogP contribution in [0.5, 0.6) is 0 Å². The van der Waals surface area contributed by atoms with E-state index in [0.717, 1.165) is 27.7 Å². The van der Waals surface area contributed by atoms with Crippen molar-refractivity contribution in [2.24, 2.45) is 0 Å². The Morgan fingerprint density at radius 2 is 1.85 bits per heavy atom. The first kappa shape index (κ1) is 14.2. The highest BCUT2D eigenvalue weighted by molar-refractivity contribution is 6.12. The van der Waals surface area contributed by atoms with Gasteiger partial charge in [0.1, 0.15) is 0 Å². The van der Waals surface area contributed by atoms with Gasteiger partial charge in [-0.3, -0.25) is 0 Å². The highest BCUT2D eigenvalue weighted by Gasteiger charge is 2.23. The second-order valence-corrected chi connectivity index (χ2v) is 4.93. The maximum atomic E-state index is 11.8. The second-order valence-electron chi connectivity index (χ2n) is 4.93. The Hall–Kier alpha value is -2.23. The summed E-state index contributed by atoms with van der Waals surface area (Å²) in [5.41, 5.74) is 2.91. The van der Waals surface area contributed by atoms with Crippen LogP contribution in [0.15, 0.2) is 24.3 Å². The number of nitrogens with zero attached hydrogens (tertiary/aromatic N) is 1. The van der Waals surface area contributed by atoms with Crippen LogP contribution in [0.4, 0.5) is 11.4 Å². The maximum absolute atomic E-state index is 11.8. The van der Waals surface area contributed by atoms with Gasteiger partial charge in [0, 0.05) is 37.6 Å². The van der Waals surface area contributed by atoms with Crippen molar-refractivity contribution in [2.75, 3.05) is 31.4 Å². The Kier molecular flexibility index (Phi) is 3.84. The molecule has 2 rings (SSSR count). The summed E-state index contributed by atoms with van der Waals surface area (Å²) >= 11 is 0. The van der Waals surface area contributed by atoms with Gasteiger partial charge in [0.05, 0.1) is 11.3 Å². The zero-order valence-corrected chi connectivity index (χ0v) is 12.3. The van der Waals surface area contributed by atoms with E-state index in [1.807, 2.05) is 57.2 Å². The molecule has 0 aromatic heterocycles. The summed E-state index contributed by atoms with van der Waals surface area (Å²) < 4.78 is 0. The van der Waals surface area contributed by atoms with Crippen molar-refractivity contribution < 1.29 is 9.90 Å². The van der Waals surface area contributed by atoms with Gasteiger partial charge in [-0.05, 0) is 12.0 Å². The van der Waals surface area contributed by atoms with Crippen molar-refractivity contribution in [1.82, 2.24) is 0 Å². The van der Waals surface area contributed by atoms with Crippen LogP contribution in [0, 0.1) is 0 Å². The molecule has 0 atom stereocenters. The van der Waals surface area contributed by atoms with Crippen LogP contribution in [-0.2, 0) is 6.42 Å². The van der Waals surface area contributed by atoms with Crippen molar-refractivity contribution in [3.63, 3.8) is 0 Å². The summed E-state index contributed by atoms with van der Waals surface area (Å²) in [4.78, 5) is 13.6. The summed E-state index contributed by atoms with van der Waals surface area (Å²) in [5, 5.41) is 14.8. The van der Waals surface area contributed by atoms with Crippen molar-refractivity contribution >= 4 is 28.1 Å². The molecule has 0 saturated heterocycles. The maximum Gasteiger partial charge on any atom is 0.338 e. The Bertz CT molecular complexity index is 663. The molecule has 0 radical (unpaired) electrons. The van der Waals surface area contributed by atoms with E-state index in [-0.39, 0.29) is 0 Å². The third-order valence-electron chi connectivity index (χ3n) is 3.56. The highest BCUT2D eigenvalue weighted by atomic mass is 16.4. The molecule has 0 fully saturated rings. The number of anilines is 2.